The number of nitrogens with one attached hydrogen (secondary N) is 1. The van der Waals surface area contributed by atoms with Gasteiger partial charge in [0.15, 0.2) is 11.5 Å². The molecule has 4 nitrogen and oxygen atoms in total. The van der Waals surface area contributed by atoms with Crippen molar-refractivity contribution in [2.45, 2.75) is 13.3 Å². The van der Waals surface area contributed by atoms with Gasteiger partial charge in [-0.2, -0.15) is 0 Å². The molecule has 2 N–H and O–H groups in total. The predicted molar refractivity (Wildman–Crippen MR) is 71.9 cm³/mol. The van der Waals surface area contributed by atoms with Crippen LogP contribution in [0.1, 0.15) is 13.3 Å². The number of amides is 1. The highest BCUT2D eigenvalue weighted by Gasteiger charge is 2.05. The molecule has 0 bridgehead atoms. The quantitative estimate of drug-likeness (QED) is 0.461. The maximum atomic E-state index is 11.4. The summed E-state index contributed by atoms with van der Waals surface area (Å²) in [6.45, 7) is 5.97. The van der Waals surface area contributed by atoms with Gasteiger partial charge in [-0.1, -0.05) is 25.7 Å². The molecule has 0 aliphatic heterocycles. The maximum absolute atomic E-state index is 11.4. The molecule has 0 radical (unpaired) electrons. The summed E-state index contributed by atoms with van der Waals surface area (Å²) in [5.74, 6) is 0.160. The van der Waals surface area contributed by atoms with Crippen LogP contribution in [0.5, 0.6) is 11.5 Å². The summed E-state index contributed by atoms with van der Waals surface area (Å²) in [6, 6.07) is 4.68. The number of aromatic hydroxyl groups is 1. The molecule has 0 aliphatic rings. The van der Waals surface area contributed by atoms with E-state index in [9.17, 15) is 9.90 Å². The minimum Gasteiger partial charge on any atom is -0.504 e. The first-order valence-corrected chi connectivity index (χ1v) is 5.73. The Labute approximate surface area is 107 Å². The van der Waals surface area contributed by atoms with Crippen molar-refractivity contribution in [3.63, 3.8) is 0 Å². The zero-order chi connectivity index (χ0) is 13.4. The van der Waals surface area contributed by atoms with Crippen LogP contribution in [0.3, 0.4) is 0 Å². The molecule has 96 valence electrons. The zero-order valence-corrected chi connectivity index (χ0v) is 10.3. The minimum atomic E-state index is -0.262. The molecule has 1 rings (SSSR count). The Balaban J connectivity index is 2.74. The lowest BCUT2D eigenvalue weighted by atomic mass is 10.2. The average molecular weight is 247 g/mol. The van der Waals surface area contributed by atoms with Gasteiger partial charge in [-0.15, -0.1) is 0 Å². The molecule has 0 atom stereocenters. The Hall–Kier alpha value is -2.23. The van der Waals surface area contributed by atoms with E-state index in [4.69, 9.17) is 4.74 Å². The van der Waals surface area contributed by atoms with Crippen LogP contribution in [-0.2, 0) is 4.79 Å². The number of carbonyl (C=O) groups excluding carboxylic acids is 1. The van der Waals surface area contributed by atoms with E-state index < -0.39 is 0 Å². The van der Waals surface area contributed by atoms with E-state index in [0.717, 1.165) is 6.42 Å². The molecular weight excluding hydrogens is 230 g/mol. The Morgan fingerprint density at radius 3 is 3.00 bits per heavy atom. The second-order valence-electron chi connectivity index (χ2n) is 3.62. The second kappa shape index (κ2) is 7.17. The number of anilines is 1. The molecule has 0 aromatic heterocycles. The number of phenols is 1. The van der Waals surface area contributed by atoms with Crippen LogP contribution in [0.4, 0.5) is 5.69 Å². The molecule has 1 aromatic carbocycles. The number of phenolic OH excluding ortho intramolecular Hbond substituents is 1. The van der Waals surface area contributed by atoms with Crippen molar-refractivity contribution in [3.8, 4) is 11.5 Å². The molecule has 0 spiro atoms. The summed E-state index contributed by atoms with van der Waals surface area (Å²) in [5.41, 5.74) is 0.567. The molecule has 0 aliphatic carbocycles. The van der Waals surface area contributed by atoms with Crippen LogP contribution in [0, 0.1) is 0 Å². The lowest BCUT2D eigenvalue weighted by Gasteiger charge is -2.09. The summed E-state index contributed by atoms with van der Waals surface area (Å²) >= 11 is 0. The summed E-state index contributed by atoms with van der Waals surface area (Å²) in [6.07, 6.45) is 5.28. The largest absolute Gasteiger partial charge is 0.504 e. The first-order valence-electron chi connectivity index (χ1n) is 5.73. The first-order chi connectivity index (χ1) is 8.67. The van der Waals surface area contributed by atoms with E-state index >= 15 is 0 Å². The lowest BCUT2D eigenvalue weighted by Crippen LogP contribution is -2.07. The van der Waals surface area contributed by atoms with Crippen LogP contribution < -0.4 is 10.1 Å². The van der Waals surface area contributed by atoms with Crippen molar-refractivity contribution in [1.82, 2.24) is 0 Å². The highest BCUT2D eigenvalue weighted by atomic mass is 16.5. The first kappa shape index (κ1) is 13.8. The third kappa shape index (κ3) is 4.33. The van der Waals surface area contributed by atoms with Crippen LogP contribution in [0.2, 0.25) is 0 Å². The van der Waals surface area contributed by atoms with Crippen LogP contribution in [0.25, 0.3) is 0 Å². The SMILES string of the molecule is C=C/C=C/C(=O)Nc1ccc(O)c(OCCC)c1. The van der Waals surface area contributed by atoms with Crippen molar-refractivity contribution in [1.29, 1.82) is 0 Å². The summed E-state index contributed by atoms with van der Waals surface area (Å²) in [5, 5.41) is 12.2. The minimum absolute atomic E-state index is 0.0584. The number of ether oxygens (including phenoxy) is 1. The molecule has 0 unspecified atom stereocenters. The van der Waals surface area contributed by atoms with E-state index in [0.29, 0.717) is 18.0 Å². The lowest BCUT2D eigenvalue weighted by molar-refractivity contribution is -0.111. The highest BCUT2D eigenvalue weighted by Crippen LogP contribution is 2.29. The highest BCUT2D eigenvalue weighted by molar-refractivity contribution is 5.99. The van der Waals surface area contributed by atoms with E-state index in [2.05, 4.69) is 11.9 Å². The number of hydrogen-bond acceptors (Lipinski definition) is 3. The van der Waals surface area contributed by atoms with Crippen molar-refractivity contribution >= 4 is 11.6 Å². The Kier molecular flexibility index (Phi) is 5.51. The molecule has 18 heavy (non-hydrogen) atoms. The number of hydrogen-bond donors (Lipinski definition) is 2. The van der Waals surface area contributed by atoms with Gasteiger partial charge < -0.3 is 15.2 Å². The zero-order valence-electron chi connectivity index (χ0n) is 10.3. The third-order valence-corrected chi connectivity index (χ3v) is 2.07. The summed E-state index contributed by atoms with van der Waals surface area (Å²) in [4.78, 5) is 11.4. The smallest absolute Gasteiger partial charge is 0.248 e. The molecule has 0 saturated carbocycles. The Morgan fingerprint density at radius 1 is 1.56 bits per heavy atom. The molecule has 1 amide bonds. The van der Waals surface area contributed by atoms with Crippen LogP contribution in [-0.4, -0.2) is 17.6 Å². The fraction of sp³-hybridized carbons (Fsp3) is 0.214. The average Bonchev–Trinajstić information content (AvgIpc) is 2.37. The van der Waals surface area contributed by atoms with Gasteiger partial charge in [0.05, 0.1) is 6.61 Å². The molecular formula is C14H17NO3. The fourth-order valence-electron chi connectivity index (χ4n) is 1.26. The number of rotatable bonds is 6. The molecule has 4 heteroatoms. The fourth-order valence-corrected chi connectivity index (χ4v) is 1.26. The van der Waals surface area contributed by atoms with Gasteiger partial charge in [0.1, 0.15) is 0 Å². The van der Waals surface area contributed by atoms with Crippen LogP contribution in [0.15, 0.2) is 43.0 Å². The van der Waals surface area contributed by atoms with Crippen molar-refractivity contribution < 1.29 is 14.6 Å². The van der Waals surface area contributed by atoms with E-state index in [1.807, 2.05) is 6.92 Å². The third-order valence-electron chi connectivity index (χ3n) is 2.07. The van der Waals surface area contributed by atoms with Gasteiger partial charge in [0, 0.05) is 17.8 Å². The van der Waals surface area contributed by atoms with Gasteiger partial charge >= 0.3 is 0 Å². The maximum Gasteiger partial charge on any atom is 0.248 e. The Morgan fingerprint density at radius 2 is 2.33 bits per heavy atom. The number of allylic oxidation sites excluding steroid dienone is 2. The van der Waals surface area contributed by atoms with E-state index in [1.165, 1.54) is 18.2 Å². The van der Waals surface area contributed by atoms with Crippen LogP contribution >= 0.6 is 0 Å². The monoisotopic (exact) mass is 247 g/mol. The molecule has 0 heterocycles. The van der Waals surface area contributed by atoms with Gasteiger partial charge in [-0.05, 0) is 18.6 Å². The Bertz CT molecular complexity index is 452. The topological polar surface area (TPSA) is 58.6 Å². The van der Waals surface area contributed by atoms with Gasteiger partial charge in [-0.25, -0.2) is 0 Å². The molecule has 1 aromatic rings. The molecule has 0 fully saturated rings. The second-order valence-corrected chi connectivity index (χ2v) is 3.62. The van der Waals surface area contributed by atoms with Crippen molar-refractivity contribution in [3.05, 3.63) is 43.0 Å². The van der Waals surface area contributed by atoms with Crippen molar-refractivity contribution in [2.75, 3.05) is 11.9 Å². The summed E-state index contributed by atoms with van der Waals surface area (Å²) in [7, 11) is 0. The van der Waals surface area contributed by atoms with Crippen molar-refractivity contribution in [2.24, 2.45) is 0 Å². The predicted octanol–water partition coefficient (Wildman–Crippen LogP) is 2.86. The summed E-state index contributed by atoms with van der Waals surface area (Å²) < 4.78 is 5.35. The van der Waals surface area contributed by atoms with Gasteiger partial charge in [0.25, 0.3) is 0 Å². The van der Waals surface area contributed by atoms with Gasteiger partial charge in [-0.3, -0.25) is 4.79 Å². The van der Waals surface area contributed by atoms with Gasteiger partial charge in [0.2, 0.25) is 5.91 Å². The van der Waals surface area contributed by atoms with E-state index in [1.54, 1.807) is 18.2 Å². The standard InChI is InChI=1S/C14H17NO3/c1-3-5-6-14(17)15-11-7-8-12(16)13(10-11)18-9-4-2/h3,5-8,10,16H,1,4,9H2,2H3,(H,15,17)/b6-5+. The normalized spacial score (nSPS) is 10.3. The number of carbonyl (C=O) groups is 1. The molecule has 0 saturated heterocycles. The number of benzene rings is 1. The van der Waals surface area contributed by atoms with E-state index in [-0.39, 0.29) is 11.7 Å².